The fraction of sp³-hybridized carbons (Fsp3) is 0.409. The second-order valence-corrected chi connectivity index (χ2v) is 8.10. The summed E-state index contributed by atoms with van der Waals surface area (Å²) in [5.41, 5.74) is 0.861. The number of hydrogen-bond donors (Lipinski definition) is 2. The van der Waals surface area contributed by atoms with Crippen LogP contribution < -0.4 is 10.2 Å². The number of nitrogens with zero attached hydrogens (tertiary/aromatic N) is 4. The van der Waals surface area contributed by atoms with Gasteiger partial charge < -0.3 is 19.7 Å². The van der Waals surface area contributed by atoms with Gasteiger partial charge in [-0.1, -0.05) is 6.42 Å². The lowest BCUT2D eigenvalue weighted by Gasteiger charge is -2.29. The van der Waals surface area contributed by atoms with E-state index in [0.29, 0.717) is 23.7 Å². The molecular weight excluding hydrogens is 385 g/mol. The third-order valence-electron chi connectivity index (χ3n) is 5.99. The smallest absolute Gasteiger partial charge is 0.191 e. The van der Waals surface area contributed by atoms with Gasteiger partial charge in [-0.2, -0.15) is 0 Å². The highest BCUT2D eigenvalue weighted by molar-refractivity contribution is 5.73. The molecule has 3 aromatic rings. The first-order valence-electron chi connectivity index (χ1n) is 10.4. The Morgan fingerprint density at radius 3 is 2.67 bits per heavy atom. The monoisotopic (exact) mass is 409 g/mol. The van der Waals surface area contributed by atoms with Crippen LogP contribution in [0, 0.1) is 12.7 Å². The number of phenolic OH excluding ortho intramolecular Hbond substituents is 1. The van der Waals surface area contributed by atoms with Crippen LogP contribution >= 0.6 is 0 Å². The van der Waals surface area contributed by atoms with Crippen LogP contribution in [-0.2, 0) is 0 Å². The summed E-state index contributed by atoms with van der Waals surface area (Å²) in [5, 5.41) is 22.7. The zero-order chi connectivity index (χ0) is 20.7. The molecule has 0 spiro atoms. The number of benzene rings is 1. The third kappa shape index (κ3) is 3.63. The molecule has 8 heteroatoms. The van der Waals surface area contributed by atoms with Gasteiger partial charge in [-0.25, -0.2) is 9.37 Å². The van der Waals surface area contributed by atoms with Gasteiger partial charge in [-0.3, -0.25) is 0 Å². The Kier molecular flexibility index (Phi) is 4.86. The molecule has 30 heavy (non-hydrogen) atoms. The molecule has 5 rings (SSSR count). The van der Waals surface area contributed by atoms with Crippen LogP contribution in [0.1, 0.15) is 31.6 Å². The first kappa shape index (κ1) is 19.0. The molecular formula is C22H24FN5O2. The van der Waals surface area contributed by atoms with Crippen molar-refractivity contribution in [2.75, 3.05) is 18.0 Å². The lowest BCUT2D eigenvalue weighted by atomic mass is 9.92. The minimum Gasteiger partial charge on any atom is -0.507 e. The zero-order valence-electron chi connectivity index (χ0n) is 16.8. The van der Waals surface area contributed by atoms with E-state index >= 15 is 0 Å². The van der Waals surface area contributed by atoms with E-state index in [-0.39, 0.29) is 22.6 Å². The third-order valence-corrected chi connectivity index (χ3v) is 5.99. The molecule has 1 unspecified atom stereocenters. The van der Waals surface area contributed by atoms with Gasteiger partial charge in [0.1, 0.15) is 11.6 Å². The number of halogens is 1. The van der Waals surface area contributed by atoms with Gasteiger partial charge in [0.25, 0.3) is 0 Å². The summed E-state index contributed by atoms with van der Waals surface area (Å²) < 4.78 is 20.0. The van der Waals surface area contributed by atoms with Crippen molar-refractivity contribution in [2.24, 2.45) is 0 Å². The quantitative estimate of drug-likeness (QED) is 0.665. The first-order valence-corrected chi connectivity index (χ1v) is 10.4. The molecule has 2 fully saturated rings. The van der Waals surface area contributed by atoms with E-state index in [1.165, 1.54) is 37.6 Å². The van der Waals surface area contributed by atoms with Crippen molar-refractivity contribution in [3.05, 3.63) is 42.2 Å². The Balaban J connectivity index is 1.32. The van der Waals surface area contributed by atoms with E-state index in [1.807, 2.05) is 6.07 Å². The number of aromatic nitrogens is 3. The van der Waals surface area contributed by atoms with E-state index in [1.54, 1.807) is 13.0 Å². The maximum atomic E-state index is 14.7. The highest BCUT2D eigenvalue weighted by Gasteiger charge is 2.28. The van der Waals surface area contributed by atoms with Gasteiger partial charge >= 0.3 is 0 Å². The van der Waals surface area contributed by atoms with Crippen LogP contribution in [0.3, 0.4) is 0 Å². The molecule has 2 N–H and O–H groups in total. The summed E-state index contributed by atoms with van der Waals surface area (Å²) in [7, 11) is 0. The fourth-order valence-corrected chi connectivity index (χ4v) is 4.09. The maximum absolute atomic E-state index is 14.7. The van der Waals surface area contributed by atoms with Crippen LogP contribution in [0.25, 0.3) is 22.6 Å². The Morgan fingerprint density at radius 2 is 2.00 bits per heavy atom. The highest BCUT2D eigenvalue weighted by atomic mass is 19.1. The van der Waals surface area contributed by atoms with Gasteiger partial charge in [0.15, 0.2) is 17.5 Å². The maximum Gasteiger partial charge on any atom is 0.191 e. The summed E-state index contributed by atoms with van der Waals surface area (Å²) in [6, 6.07) is 7.38. The van der Waals surface area contributed by atoms with Gasteiger partial charge in [0.2, 0.25) is 0 Å². The van der Waals surface area contributed by atoms with E-state index in [0.717, 1.165) is 25.3 Å². The molecule has 1 saturated heterocycles. The average molecular weight is 409 g/mol. The number of oxazole rings is 1. The topological polar surface area (TPSA) is 87.3 Å². The number of phenols is 1. The highest BCUT2D eigenvalue weighted by Crippen LogP contribution is 2.35. The molecule has 7 nitrogen and oxygen atoms in total. The van der Waals surface area contributed by atoms with Crippen LogP contribution in [0.4, 0.5) is 10.2 Å². The Bertz CT molecular complexity index is 1050. The van der Waals surface area contributed by atoms with Crippen LogP contribution in [0.15, 0.2) is 34.9 Å². The van der Waals surface area contributed by atoms with Crippen molar-refractivity contribution in [1.82, 2.24) is 20.5 Å². The molecule has 0 amide bonds. The number of hydrogen-bond acceptors (Lipinski definition) is 7. The molecule has 3 heterocycles. The molecule has 1 aromatic carbocycles. The molecule has 156 valence electrons. The van der Waals surface area contributed by atoms with Gasteiger partial charge in [0, 0.05) is 37.7 Å². The van der Waals surface area contributed by atoms with Crippen LogP contribution in [0.5, 0.6) is 5.75 Å². The summed E-state index contributed by atoms with van der Waals surface area (Å²) in [6.45, 7) is 3.53. The lowest BCUT2D eigenvalue weighted by Crippen LogP contribution is -2.43. The summed E-state index contributed by atoms with van der Waals surface area (Å²) >= 11 is 0. The van der Waals surface area contributed by atoms with Crippen LogP contribution in [0.2, 0.25) is 0 Å². The fourth-order valence-electron chi connectivity index (χ4n) is 4.09. The Labute approximate surface area is 174 Å². The SMILES string of the molecule is Cc1ncc(-c2cc(O)c(-c3ccc(N4CCC(NC5CCC5)C4)nn3)cc2F)o1. The lowest BCUT2D eigenvalue weighted by molar-refractivity contribution is 0.311. The van der Waals surface area contributed by atoms with E-state index < -0.39 is 5.82 Å². The minimum absolute atomic E-state index is 0.0894. The molecule has 2 aliphatic rings. The van der Waals surface area contributed by atoms with Gasteiger partial charge in [-0.05, 0) is 43.5 Å². The largest absolute Gasteiger partial charge is 0.507 e. The van der Waals surface area contributed by atoms with E-state index in [4.69, 9.17) is 4.42 Å². The molecule has 0 bridgehead atoms. The van der Waals surface area contributed by atoms with Gasteiger partial charge in [0.05, 0.1) is 17.5 Å². The predicted octanol–water partition coefficient (Wildman–Crippen LogP) is 3.67. The number of nitrogens with one attached hydrogen (secondary N) is 1. The van der Waals surface area contributed by atoms with Crippen molar-refractivity contribution in [1.29, 1.82) is 0 Å². The normalized spacial score (nSPS) is 19.3. The molecule has 1 saturated carbocycles. The molecule has 1 aliphatic heterocycles. The predicted molar refractivity (Wildman–Crippen MR) is 111 cm³/mol. The Morgan fingerprint density at radius 1 is 1.13 bits per heavy atom. The molecule has 0 radical (unpaired) electrons. The number of aromatic hydroxyl groups is 1. The summed E-state index contributed by atoms with van der Waals surface area (Å²) in [5.74, 6) is 0.891. The van der Waals surface area contributed by atoms with Gasteiger partial charge in [-0.15, -0.1) is 10.2 Å². The summed E-state index contributed by atoms with van der Waals surface area (Å²) in [6.07, 6.45) is 6.41. The standard InChI is InChI=1S/C22H24FN5O2/c1-13-24-11-21(30-13)16-10-20(29)17(9-18(16)23)19-5-6-22(27-26-19)28-8-7-15(12-28)25-14-3-2-4-14/h5-6,9-11,14-15,25,29H,2-4,7-8,12H2,1H3. The average Bonchev–Trinajstić information content (AvgIpc) is 3.35. The Hall–Kier alpha value is -3.00. The van der Waals surface area contributed by atoms with Crippen molar-refractivity contribution in [2.45, 2.75) is 44.7 Å². The first-order chi connectivity index (χ1) is 14.6. The van der Waals surface area contributed by atoms with E-state index in [2.05, 4.69) is 25.4 Å². The molecule has 2 aromatic heterocycles. The van der Waals surface area contributed by atoms with Crippen molar-refractivity contribution >= 4 is 5.82 Å². The number of aryl methyl sites for hydroxylation is 1. The summed E-state index contributed by atoms with van der Waals surface area (Å²) in [4.78, 5) is 6.19. The number of anilines is 1. The molecule has 1 atom stereocenters. The minimum atomic E-state index is -0.519. The second-order valence-electron chi connectivity index (χ2n) is 8.10. The van der Waals surface area contributed by atoms with Crippen molar-refractivity contribution in [3.63, 3.8) is 0 Å². The second kappa shape index (κ2) is 7.68. The van der Waals surface area contributed by atoms with Crippen molar-refractivity contribution in [3.8, 4) is 28.3 Å². The van der Waals surface area contributed by atoms with Crippen molar-refractivity contribution < 1.29 is 13.9 Å². The zero-order valence-corrected chi connectivity index (χ0v) is 16.8. The number of rotatable bonds is 5. The van der Waals surface area contributed by atoms with Crippen LogP contribution in [-0.4, -0.2) is 45.5 Å². The van der Waals surface area contributed by atoms with E-state index in [9.17, 15) is 9.50 Å². The molecule has 1 aliphatic carbocycles.